The van der Waals surface area contributed by atoms with Crippen molar-refractivity contribution in [2.45, 2.75) is 18.9 Å². The number of nitrogens with zero attached hydrogens (tertiary/aromatic N) is 1. The Labute approximate surface area is 95.0 Å². The molecule has 4 heteroatoms. The number of hydrogen-bond donors (Lipinski definition) is 1. The van der Waals surface area contributed by atoms with E-state index >= 15 is 0 Å². The van der Waals surface area contributed by atoms with Gasteiger partial charge >= 0.3 is 0 Å². The molecule has 0 bridgehead atoms. The van der Waals surface area contributed by atoms with Crippen molar-refractivity contribution in [1.82, 2.24) is 0 Å². The Bertz CT molecular complexity index is 370. The molecule has 0 aromatic heterocycles. The summed E-state index contributed by atoms with van der Waals surface area (Å²) in [5.41, 5.74) is 6.45. The van der Waals surface area contributed by atoms with Gasteiger partial charge in [0, 0.05) is 13.1 Å². The van der Waals surface area contributed by atoms with Crippen LogP contribution in [0.2, 0.25) is 0 Å². The average Bonchev–Trinajstić information content (AvgIpc) is 2.28. The van der Waals surface area contributed by atoms with Gasteiger partial charge in [-0.25, -0.2) is 4.39 Å². The van der Waals surface area contributed by atoms with E-state index in [0.717, 1.165) is 18.5 Å². The van der Waals surface area contributed by atoms with Crippen molar-refractivity contribution in [2.75, 3.05) is 25.1 Å². The number of rotatable bonds is 3. The van der Waals surface area contributed by atoms with Gasteiger partial charge in [-0.05, 0) is 31.5 Å². The van der Waals surface area contributed by atoms with E-state index in [1.54, 1.807) is 6.07 Å². The van der Waals surface area contributed by atoms with Crippen molar-refractivity contribution < 1.29 is 9.13 Å². The van der Waals surface area contributed by atoms with E-state index in [9.17, 15) is 4.39 Å². The third kappa shape index (κ3) is 2.11. The fourth-order valence-corrected chi connectivity index (χ4v) is 2.02. The topological polar surface area (TPSA) is 38.5 Å². The van der Waals surface area contributed by atoms with Crippen molar-refractivity contribution in [3.8, 4) is 5.75 Å². The van der Waals surface area contributed by atoms with Crippen LogP contribution in [0.1, 0.15) is 12.8 Å². The predicted octanol–water partition coefficient (Wildman–Crippen LogP) is 1.76. The Morgan fingerprint density at radius 2 is 2.38 bits per heavy atom. The highest BCUT2D eigenvalue weighted by molar-refractivity contribution is 5.60. The molecule has 88 valence electrons. The van der Waals surface area contributed by atoms with Gasteiger partial charge in [-0.15, -0.1) is 0 Å². The molecule has 16 heavy (non-hydrogen) atoms. The lowest BCUT2D eigenvalue weighted by atomic mass is 10.1. The van der Waals surface area contributed by atoms with Crippen molar-refractivity contribution in [2.24, 2.45) is 5.73 Å². The summed E-state index contributed by atoms with van der Waals surface area (Å²) in [5, 5.41) is 0. The number of fused-ring (bicyclic) bond motifs is 1. The standard InChI is InChI=1S/C12H17FN2O/c1-15-10(3-2-6-14)8-16-12-7-9(13)4-5-11(12)15/h4-5,7,10H,2-3,6,8,14H2,1H3. The number of anilines is 1. The Balaban J connectivity index is 2.15. The number of halogens is 1. The molecular formula is C12H17FN2O. The van der Waals surface area contributed by atoms with Gasteiger partial charge in [-0.3, -0.25) is 0 Å². The van der Waals surface area contributed by atoms with Gasteiger partial charge < -0.3 is 15.4 Å². The van der Waals surface area contributed by atoms with E-state index in [2.05, 4.69) is 4.90 Å². The van der Waals surface area contributed by atoms with Crippen LogP contribution in [0.4, 0.5) is 10.1 Å². The van der Waals surface area contributed by atoms with Crippen molar-refractivity contribution >= 4 is 5.69 Å². The number of hydrogen-bond acceptors (Lipinski definition) is 3. The number of benzene rings is 1. The summed E-state index contributed by atoms with van der Waals surface area (Å²) in [6, 6.07) is 5.00. The maximum atomic E-state index is 13.0. The monoisotopic (exact) mass is 224 g/mol. The lowest BCUT2D eigenvalue weighted by Gasteiger charge is -2.35. The minimum absolute atomic E-state index is 0.257. The molecule has 0 saturated heterocycles. The maximum Gasteiger partial charge on any atom is 0.145 e. The van der Waals surface area contributed by atoms with Gasteiger partial charge in [0.1, 0.15) is 18.2 Å². The van der Waals surface area contributed by atoms with Crippen LogP contribution >= 0.6 is 0 Å². The Morgan fingerprint density at radius 3 is 3.12 bits per heavy atom. The average molecular weight is 224 g/mol. The first-order valence-corrected chi connectivity index (χ1v) is 5.57. The fourth-order valence-electron chi connectivity index (χ4n) is 2.02. The molecule has 2 N–H and O–H groups in total. The summed E-state index contributed by atoms with van der Waals surface area (Å²) in [7, 11) is 2.01. The van der Waals surface area contributed by atoms with Crippen LogP contribution in [0, 0.1) is 5.82 Å². The second-order valence-corrected chi connectivity index (χ2v) is 4.12. The molecule has 0 radical (unpaired) electrons. The van der Waals surface area contributed by atoms with Crippen LogP contribution in [0.5, 0.6) is 5.75 Å². The second kappa shape index (κ2) is 4.70. The number of nitrogens with two attached hydrogens (primary N) is 1. The van der Waals surface area contributed by atoms with E-state index < -0.39 is 0 Å². The number of ether oxygens (including phenoxy) is 1. The van der Waals surface area contributed by atoms with E-state index in [1.165, 1.54) is 12.1 Å². The first-order chi connectivity index (χ1) is 7.72. The summed E-state index contributed by atoms with van der Waals surface area (Å²) in [6.07, 6.45) is 1.98. The highest BCUT2D eigenvalue weighted by Crippen LogP contribution is 2.34. The number of likely N-dealkylation sites (N-methyl/N-ethyl adjacent to an activating group) is 1. The fraction of sp³-hybridized carbons (Fsp3) is 0.500. The SMILES string of the molecule is CN1c2ccc(F)cc2OCC1CCCN. The van der Waals surface area contributed by atoms with Crippen LogP contribution < -0.4 is 15.4 Å². The third-order valence-corrected chi connectivity index (χ3v) is 3.02. The molecule has 1 aliphatic rings. The summed E-state index contributed by atoms with van der Waals surface area (Å²) in [4.78, 5) is 2.15. The van der Waals surface area contributed by atoms with Gasteiger partial charge in [0.05, 0.1) is 11.7 Å². The Morgan fingerprint density at radius 1 is 1.56 bits per heavy atom. The molecule has 0 saturated carbocycles. The molecule has 1 aromatic rings. The van der Waals surface area contributed by atoms with Gasteiger partial charge in [0.2, 0.25) is 0 Å². The lowest BCUT2D eigenvalue weighted by Crippen LogP contribution is -2.40. The Kier molecular flexibility index (Phi) is 3.29. The minimum atomic E-state index is -0.257. The molecule has 1 unspecified atom stereocenters. The minimum Gasteiger partial charge on any atom is -0.489 e. The van der Waals surface area contributed by atoms with Crippen LogP contribution in [-0.2, 0) is 0 Å². The van der Waals surface area contributed by atoms with Gasteiger partial charge in [0.25, 0.3) is 0 Å². The zero-order chi connectivity index (χ0) is 11.5. The van der Waals surface area contributed by atoms with E-state index in [0.29, 0.717) is 24.9 Å². The summed E-state index contributed by atoms with van der Waals surface area (Å²) in [5.74, 6) is 0.374. The second-order valence-electron chi connectivity index (χ2n) is 4.12. The highest BCUT2D eigenvalue weighted by Gasteiger charge is 2.24. The maximum absolute atomic E-state index is 13.0. The Hall–Kier alpha value is -1.29. The molecule has 3 nitrogen and oxygen atoms in total. The molecule has 0 amide bonds. The van der Waals surface area contributed by atoms with Gasteiger partial charge in [-0.1, -0.05) is 0 Å². The molecule has 1 aromatic carbocycles. The van der Waals surface area contributed by atoms with Crippen LogP contribution in [0.15, 0.2) is 18.2 Å². The van der Waals surface area contributed by atoms with Crippen LogP contribution in [0.25, 0.3) is 0 Å². The summed E-state index contributed by atoms with van der Waals surface area (Å²) >= 11 is 0. The van der Waals surface area contributed by atoms with Crippen molar-refractivity contribution in [1.29, 1.82) is 0 Å². The molecule has 0 aliphatic carbocycles. The van der Waals surface area contributed by atoms with Crippen molar-refractivity contribution in [3.63, 3.8) is 0 Å². The zero-order valence-electron chi connectivity index (χ0n) is 9.45. The van der Waals surface area contributed by atoms with Gasteiger partial charge in [0.15, 0.2) is 0 Å². The normalized spacial score (nSPS) is 19.2. The van der Waals surface area contributed by atoms with E-state index in [4.69, 9.17) is 10.5 Å². The molecule has 1 atom stereocenters. The summed E-state index contributed by atoms with van der Waals surface area (Å²) < 4.78 is 18.6. The van der Waals surface area contributed by atoms with Gasteiger partial charge in [-0.2, -0.15) is 0 Å². The zero-order valence-corrected chi connectivity index (χ0v) is 9.45. The smallest absolute Gasteiger partial charge is 0.145 e. The molecule has 2 rings (SSSR count). The molecule has 0 spiro atoms. The van der Waals surface area contributed by atoms with E-state index in [1.807, 2.05) is 7.05 Å². The lowest BCUT2D eigenvalue weighted by molar-refractivity contribution is 0.257. The largest absolute Gasteiger partial charge is 0.489 e. The third-order valence-electron chi connectivity index (χ3n) is 3.02. The quantitative estimate of drug-likeness (QED) is 0.850. The van der Waals surface area contributed by atoms with Crippen LogP contribution in [0.3, 0.4) is 0 Å². The van der Waals surface area contributed by atoms with Crippen molar-refractivity contribution in [3.05, 3.63) is 24.0 Å². The van der Waals surface area contributed by atoms with Crippen LogP contribution in [-0.4, -0.2) is 26.2 Å². The van der Waals surface area contributed by atoms with E-state index in [-0.39, 0.29) is 5.82 Å². The first-order valence-electron chi connectivity index (χ1n) is 5.57. The molecule has 1 heterocycles. The summed E-state index contributed by atoms with van der Waals surface area (Å²) in [6.45, 7) is 1.30. The predicted molar refractivity (Wildman–Crippen MR) is 62.4 cm³/mol. The highest BCUT2D eigenvalue weighted by atomic mass is 19.1. The molecule has 0 fully saturated rings. The molecule has 1 aliphatic heterocycles. The first kappa shape index (κ1) is 11.2. The molecular weight excluding hydrogens is 207 g/mol.